The third kappa shape index (κ3) is 2.18. The van der Waals surface area contributed by atoms with Crippen molar-refractivity contribution in [1.29, 1.82) is 5.26 Å². The highest BCUT2D eigenvalue weighted by Crippen LogP contribution is 2.14. The maximum atomic E-state index is 8.44. The number of hydrogen-bond donors (Lipinski definition) is 1. The molecule has 1 aliphatic rings. The zero-order valence-electron chi connectivity index (χ0n) is 6.95. The van der Waals surface area contributed by atoms with Gasteiger partial charge in [0.25, 0.3) is 0 Å². The Morgan fingerprint density at radius 2 is 2.45 bits per heavy atom. The second kappa shape index (κ2) is 3.70. The fourth-order valence-corrected chi connectivity index (χ4v) is 1.41. The van der Waals surface area contributed by atoms with E-state index in [9.17, 15) is 0 Å². The van der Waals surface area contributed by atoms with Crippen molar-refractivity contribution in [1.82, 2.24) is 4.90 Å². The zero-order valence-corrected chi connectivity index (χ0v) is 6.95. The summed E-state index contributed by atoms with van der Waals surface area (Å²) in [5.74, 6) is 0.616. The van der Waals surface area contributed by atoms with Crippen LogP contribution < -0.4 is 5.73 Å². The van der Waals surface area contributed by atoms with Gasteiger partial charge in [-0.3, -0.25) is 4.90 Å². The minimum Gasteiger partial charge on any atom is -0.326 e. The molecule has 62 valence electrons. The van der Waals surface area contributed by atoms with Crippen molar-refractivity contribution in [2.45, 2.75) is 19.4 Å². The number of nitriles is 1. The van der Waals surface area contributed by atoms with E-state index in [0.717, 1.165) is 19.5 Å². The van der Waals surface area contributed by atoms with E-state index in [0.29, 0.717) is 12.5 Å². The van der Waals surface area contributed by atoms with E-state index >= 15 is 0 Å². The monoisotopic (exact) mass is 153 g/mol. The van der Waals surface area contributed by atoms with Gasteiger partial charge in [0, 0.05) is 12.6 Å². The quantitative estimate of drug-likeness (QED) is 0.547. The Kier molecular flexibility index (Phi) is 2.86. The SMILES string of the molecule is CC1CCN(CC#N)CC1N. The number of hydrogen-bond acceptors (Lipinski definition) is 3. The van der Waals surface area contributed by atoms with E-state index in [2.05, 4.69) is 17.9 Å². The summed E-state index contributed by atoms with van der Waals surface area (Å²) in [5.41, 5.74) is 5.85. The molecule has 3 heteroatoms. The Labute approximate surface area is 67.8 Å². The van der Waals surface area contributed by atoms with E-state index in [-0.39, 0.29) is 6.04 Å². The normalized spacial score (nSPS) is 33.2. The number of nitrogens with zero attached hydrogens (tertiary/aromatic N) is 2. The first kappa shape index (κ1) is 8.51. The highest BCUT2D eigenvalue weighted by atomic mass is 15.1. The molecule has 3 nitrogen and oxygen atoms in total. The Morgan fingerprint density at radius 3 is 3.00 bits per heavy atom. The number of likely N-dealkylation sites (tertiary alicyclic amines) is 1. The number of nitrogens with two attached hydrogens (primary N) is 1. The van der Waals surface area contributed by atoms with Crippen LogP contribution in [0.5, 0.6) is 0 Å². The predicted molar refractivity (Wildman–Crippen MR) is 43.8 cm³/mol. The summed E-state index contributed by atoms with van der Waals surface area (Å²) in [6, 6.07) is 2.40. The Hall–Kier alpha value is -0.590. The molecule has 0 aromatic heterocycles. The van der Waals surface area contributed by atoms with Crippen molar-refractivity contribution in [3.63, 3.8) is 0 Å². The molecular formula is C8H15N3. The zero-order chi connectivity index (χ0) is 8.27. The van der Waals surface area contributed by atoms with Gasteiger partial charge in [-0.25, -0.2) is 0 Å². The third-order valence-corrected chi connectivity index (χ3v) is 2.39. The Bertz CT molecular complexity index is 161. The molecule has 1 heterocycles. The second-order valence-electron chi connectivity index (χ2n) is 3.32. The fourth-order valence-electron chi connectivity index (χ4n) is 1.41. The van der Waals surface area contributed by atoms with E-state index in [1.165, 1.54) is 0 Å². The van der Waals surface area contributed by atoms with Crippen LogP contribution in [0, 0.1) is 17.2 Å². The summed E-state index contributed by atoms with van der Waals surface area (Å²) >= 11 is 0. The molecule has 1 rings (SSSR count). The van der Waals surface area contributed by atoms with Gasteiger partial charge in [0.2, 0.25) is 0 Å². The molecule has 2 N–H and O–H groups in total. The van der Waals surface area contributed by atoms with Crippen LogP contribution in [-0.4, -0.2) is 30.6 Å². The summed E-state index contributed by atoms with van der Waals surface area (Å²) < 4.78 is 0. The highest BCUT2D eigenvalue weighted by molar-refractivity contribution is 4.85. The van der Waals surface area contributed by atoms with Crippen LogP contribution in [0.25, 0.3) is 0 Å². The van der Waals surface area contributed by atoms with Crippen LogP contribution in [0.2, 0.25) is 0 Å². The van der Waals surface area contributed by atoms with Crippen molar-refractivity contribution in [2.24, 2.45) is 11.7 Å². The molecule has 0 amide bonds. The molecule has 0 aromatic rings. The van der Waals surface area contributed by atoms with Gasteiger partial charge >= 0.3 is 0 Å². The Morgan fingerprint density at radius 1 is 1.73 bits per heavy atom. The van der Waals surface area contributed by atoms with Crippen LogP contribution in [0.1, 0.15) is 13.3 Å². The summed E-state index contributed by atoms with van der Waals surface area (Å²) in [6.45, 7) is 4.62. The van der Waals surface area contributed by atoms with Crippen LogP contribution in [0.4, 0.5) is 0 Å². The molecule has 2 unspecified atom stereocenters. The topological polar surface area (TPSA) is 53.0 Å². The van der Waals surface area contributed by atoms with Gasteiger partial charge in [0.15, 0.2) is 0 Å². The number of rotatable bonds is 1. The van der Waals surface area contributed by atoms with E-state index in [1.807, 2.05) is 0 Å². The first-order valence-electron chi connectivity index (χ1n) is 4.09. The fraction of sp³-hybridized carbons (Fsp3) is 0.875. The van der Waals surface area contributed by atoms with Gasteiger partial charge in [-0.05, 0) is 18.9 Å². The molecule has 1 aliphatic heterocycles. The average molecular weight is 153 g/mol. The molecule has 0 aliphatic carbocycles. The van der Waals surface area contributed by atoms with Gasteiger partial charge in [-0.1, -0.05) is 6.92 Å². The first-order valence-corrected chi connectivity index (χ1v) is 4.09. The first-order chi connectivity index (χ1) is 5.24. The molecule has 1 saturated heterocycles. The van der Waals surface area contributed by atoms with Crippen molar-refractivity contribution < 1.29 is 0 Å². The molecule has 2 atom stereocenters. The van der Waals surface area contributed by atoms with Gasteiger partial charge in [0.05, 0.1) is 12.6 Å². The van der Waals surface area contributed by atoms with Crippen molar-refractivity contribution in [2.75, 3.05) is 19.6 Å². The smallest absolute Gasteiger partial charge is 0.0866 e. The lowest BCUT2D eigenvalue weighted by Gasteiger charge is -2.33. The third-order valence-electron chi connectivity index (χ3n) is 2.39. The molecular weight excluding hydrogens is 138 g/mol. The van der Waals surface area contributed by atoms with E-state index in [1.54, 1.807) is 0 Å². The maximum absolute atomic E-state index is 8.44. The molecule has 1 fully saturated rings. The Balaban J connectivity index is 2.35. The molecule has 0 bridgehead atoms. The summed E-state index contributed by atoms with van der Waals surface area (Å²) in [7, 11) is 0. The molecule has 0 aromatic carbocycles. The molecule has 0 spiro atoms. The lowest BCUT2D eigenvalue weighted by atomic mass is 9.94. The van der Waals surface area contributed by atoms with Gasteiger partial charge < -0.3 is 5.73 Å². The van der Waals surface area contributed by atoms with Crippen LogP contribution in [0.3, 0.4) is 0 Å². The van der Waals surface area contributed by atoms with Gasteiger partial charge in [-0.2, -0.15) is 5.26 Å². The lowest BCUT2D eigenvalue weighted by molar-refractivity contribution is 0.186. The largest absolute Gasteiger partial charge is 0.326 e. The standard InChI is InChI=1S/C8H15N3/c1-7-2-4-11(5-3-9)6-8(7)10/h7-8H,2,4-6,10H2,1H3. The average Bonchev–Trinajstić information content (AvgIpc) is 1.98. The molecule has 0 saturated carbocycles. The van der Waals surface area contributed by atoms with Crippen molar-refractivity contribution in [3.05, 3.63) is 0 Å². The summed E-state index contributed by atoms with van der Waals surface area (Å²) in [6.07, 6.45) is 1.13. The highest BCUT2D eigenvalue weighted by Gasteiger charge is 2.22. The van der Waals surface area contributed by atoms with Crippen molar-refractivity contribution >= 4 is 0 Å². The molecule has 0 radical (unpaired) electrons. The maximum Gasteiger partial charge on any atom is 0.0866 e. The summed E-state index contributed by atoms with van der Waals surface area (Å²) in [4.78, 5) is 2.12. The predicted octanol–water partition coefficient (Wildman–Crippen LogP) is 0.179. The van der Waals surface area contributed by atoms with Crippen LogP contribution >= 0.6 is 0 Å². The van der Waals surface area contributed by atoms with Crippen molar-refractivity contribution in [3.8, 4) is 6.07 Å². The van der Waals surface area contributed by atoms with E-state index in [4.69, 9.17) is 11.0 Å². The number of piperidine rings is 1. The minimum absolute atomic E-state index is 0.261. The van der Waals surface area contributed by atoms with Gasteiger partial charge in [-0.15, -0.1) is 0 Å². The molecule has 11 heavy (non-hydrogen) atoms. The van der Waals surface area contributed by atoms with Crippen LogP contribution in [0.15, 0.2) is 0 Å². The van der Waals surface area contributed by atoms with Crippen LogP contribution in [-0.2, 0) is 0 Å². The lowest BCUT2D eigenvalue weighted by Crippen LogP contribution is -2.47. The van der Waals surface area contributed by atoms with Gasteiger partial charge in [0.1, 0.15) is 0 Å². The summed E-state index contributed by atoms with van der Waals surface area (Å²) in [5, 5.41) is 8.44. The minimum atomic E-state index is 0.261. The van der Waals surface area contributed by atoms with E-state index < -0.39 is 0 Å². The second-order valence-corrected chi connectivity index (χ2v) is 3.32.